The zero-order valence-electron chi connectivity index (χ0n) is 20.7. The highest BCUT2D eigenvalue weighted by Gasteiger charge is 2.59. The zero-order valence-corrected chi connectivity index (χ0v) is 20.7. The zero-order chi connectivity index (χ0) is 24.5. The van der Waals surface area contributed by atoms with Crippen molar-refractivity contribution in [1.82, 2.24) is 0 Å². The van der Waals surface area contributed by atoms with Crippen molar-refractivity contribution in [2.24, 2.45) is 39.1 Å². The summed E-state index contributed by atoms with van der Waals surface area (Å²) in [5, 5.41) is 0. The van der Waals surface area contributed by atoms with Crippen molar-refractivity contribution < 1.29 is 23.9 Å². The van der Waals surface area contributed by atoms with E-state index in [1.807, 2.05) is 6.92 Å². The van der Waals surface area contributed by atoms with Crippen molar-refractivity contribution >= 4 is 23.8 Å². The van der Waals surface area contributed by atoms with E-state index in [4.69, 9.17) is 20.9 Å². The number of hydrogen-bond donors (Lipinski definition) is 2. The lowest BCUT2D eigenvalue weighted by atomic mass is 9.45. The van der Waals surface area contributed by atoms with E-state index >= 15 is 0 Å². The van der Waals surface area contributed by atoms with Crippen LogP contribution >= 0.6 is 0 Å². The first-order valence-electron chi connectivity index (χ1n) is 11.6. The number of hydrogen-bond acceptors (Lipinski definition) is 5. The molecular weight excluding hydrogens is 410 g/mol. The number of rotatable bonds is 6. The summed E-state index contributed by atoms with van der Waals surface area (Å²) in [4.78, 5) is 40.3. The Morgan fingerprint density at radius 2 is 1.66 bits per heavy atom. The van der Waals surface area contributed by atoms with Gasteiger partial charge in [-0.05, 0) is 69.1 Å². The van der Waals surface area contributed by atoms with E-state index in [9.17, 15) is 14.4 Å². The van der Waals surface area contributed by atoms with Gasteiger partial charge in [0.15, 0.2) is 11.6 Å². The van der Waals surface area contributed by atoms with Crippen LogP contribution in [-0.4, -0.2) is 35.0 Å². The predicted molar refractivity (Wildman–Crippen MR) is 122 cm³/mol. The lowest BCUT2D eigenvalue weighted by Gasteiger charge is -2.62. The molecule has 2 aliphatic rings. The number of carbonyl (C=O) groups excluding carboxylic acids is 3. The number of carbonyl (C=O) groups is 3. The molecule has 2 fully saturated rings. The van der Waals surface area contributed by atoms with Gasteiger partial charge < -0.3 is 20.9 Å². The van der Waals surface area contributed by atoms with Crippen molar-refractivity contribution in [1.29, 1.82) is 0 Å². The molecule has 2 rings (SSSR count). The van der Waals surface area contributed by atoms with Crippen LogP contribution in [0.15, 0.2) is 4.99 Å². The Kier molecular flexibility index (Phi) is 7.37. The Morgan fingerprint density at radius 1 is 1.03 bits per heavy atom. The van der Waals surface area contributed by atoms with E-state index in [2.05, 4.69) is 25.8 Å². The minimum atomic E-state index is -1.50. The van der Waals surface area contributed by atoms with Gasteiger partial charge in [0.05, 0.1) is 0 Å². The molecule has 0 bridgehead atoms. The van der Waals surface area contributed by atoms with Crippen molar-refractivity contribution in [2.45, 2.75) is 105 Å². The molecule has 2 aliphatic carbocycles. The summed E-state index contributed by atoms with van der Waals surface area (Å²) in [6.07, 6.45) is 5.79. The molecule has 0 aliphatic heterocycles. The summed E-state index contributed by atoms with van der Waals surface area (Å²) in [5.74, 6) is -1.51. The number of nitrogens with zero attached hydrogens (tertiary/aromatic N) is 1. The summed E-state index contributed by atoms with van der Waals surface area (Å²) < 4.78 is 11.4. The van der Waals surface area contributed by atoms with Gasteiger partial charge in [0.25, 0.3) is 5.91 Å². The van der Waals surface area contributed by atoms with Gasteiger partial charge in [-0.3, -0.25) is 14.4 Å². The summed E-state index contributed by atoms with van der Waals surface area (Å²) in [6.45, 7) is 13.2. The molecule has 1 amide bonds. The molecule has 182 valence electrons. The molecule has 4 N–H and O–H groups in total. The van der Waals surface area contributed by atoms with Gasteiger partial charge in [0.2, 0.25) is 0 Å². The number of amides is 1. The monoisotopic (exact) mass is 451 g/mol. The molecule has 8 heteroatoms. The normalized spacial score (nSPS) is 33.2. The third-order valence-electron chi connectivity index (χ3n) is 8.08. The predicted octanol–water partition coefficient (Wildman–Crippen LogP) is 3.45. The molecule has 0 saturated heterocycles. The van der Waals surface area contributed by atoms with E-state index in [0.717, 1.165) is 25.7 Å². The molecule has 0 aromatic heterocycles. The van der Waals surface area contributed by atoms with Gasteiger partial charge in [-0.2, -0.15) is 4.99 Å². The SMILES string of the molecule is CC(=O)O[C@](C)(CCC1[C@](C)(OC(C)=O)CC[C@H]2C(C)(C)CCC[C@]12C)C(=O)N=C(N)N. The second-order valence-electron chi connectivity index (χ2n) is 11.1. The number of nitrogens with two attached hydrogens (primary N) is 2. The maximum atomic E-state index is 12.8. The van der Waals surface area contributed by atoms with E-state index in [1.165, 1.54) is 20.3 Å². The summed E-state index contributed by atoms with van der Waals surface area (Å²) in [6, 6.07) is 0. The van der Waals surface area contributed by atoms with Gasteiger partial charge in [-0.25, -0.2) is 0 Å². The average Bonchev–Trinajstić information content (AvgIpc) is 2.58. The fraction of sp³-hybridized carbons (Fsp3) is 0.833. The van der Waals surface area contributed by atoms with E-state index in [-0.39, 0.29) is 35.1 Å². The molecule has 8 nitrogen and oxygen atoms in total. The van der Waals surface area contributed by atoms with Gasteiger partial charge in [-0.15, -0.1) is 0 Å². The fourth-order valence-corrected chi connectivity index (χ4v) is 6.87. The van der Waals surface area contributed by atoms with Crippen LogP contribution in [0, 0.1) is 22.7 Å². The van der Waals surface area contributed by atoms with E-state index in [1.54, 1.807) is 6.92 Å². The molecule has 0 radical (unpaired) electrons. The largest absolute Gasteiger partial charge is 0.459 e. The van der Waals surface area contributed by atoms with Crippen LogP contribution in [0.1, 0.15) is 93.4 Å². The Hall–Kier alpha value is -2.12. The van der Waals surface area contributed by atoms with Crippen LogP contribution in [0.25, 0.3) is 0 Å². The highest BCUT2D eigenvalue weighted by Crippen LogP contribution is 2.63. The summed E-state index contributed by atoms with van der Waals surface area (Å²) >= 11 is 0. The molecular formula is C24H41N3O5. The average molecular weight is 452 g/mol. The maximum Gasteiger partial charge on any atom is 0.303 e. The first-order chi connectivity index (χ1) is 14.6. The topological polar surface area (TPSA) is 134 Å². The van der Waals surface area contributed by atoms with Crippen molar-refractivity contribution in [3.8, 4) is 0 Å². The third kappa shape index (κ3) is 5.26. The van der Waals surface area contributed by atoms with Crippen LogP contribution in [0.5, 0.6) is 0 Å². The Bertz CT molecular complexity index is 791. The number of fused-ring (bicyclic) bond motifs is 1. The van der Waals surface area contributed by atoms with Crippen LogP contribution in [0.4, 0.5) is 0 Å². The molecule has 0 spiro atoms. The quantitative estimate of drug-likeness (QED) is 0.359. The van der Waals surface area contributed by atoms with E-state index < -0.39 is 23.1 Å². The maximum absolute atomic E-state index is 12.8. The molecule has 0 aromatic rings. The third-order valence-corrected chi connectivity index (χ3v) is 8.08. The van der Waals surface area contributed by atoms with Crippen molar-refractivity contribution in [3.63, 3.8) is 0 Å². The van der Waals surface area contributed by atoms with Gasteiger partial charge >= 0.3 is 11.9 Å². The Balaban J connectivity index is 2.45. The standard InChI is InChI=1S/C24H41N3O5/c1-15(28)31-23(6)13-9-17-21(3,4)11-8-12-22(17,5)18(23)10-14-24(7,32-16(2)29)19(30)27-20(25)26/h17-18H,8-14H2,1-7H3,(H4,25,26,27,30)/t17-,18?,22-,23+,24+/m0/s1. The number of guanidine groups is 1. The van der Waals surface area contributed by atoms with Gasteiger partial charge in [0.1, 0.15) is 5.60 Å². The second kappa shape index (κ2) is 9.02. The first kappa shape index (κ1) is 26.1. The minimum Gasteiger partial charge on any atom is -0.459 e. The lowest BCUT2D eigenvalue weighted by Crippen LogP contribution is -2.59. The van der Waals surface area contributed by atoms with Gasteiger partial charge in [-0.1, -0.05) is 27.2 Å². The Labute approximate surface area is 191 Å². The molecule has 0 heterocycles. The molecule has 2 saturated carbocycles. The highest BCUT2D eigenvalue weighted by atomic mass is 16.6. The minimum absolute atomic E-state index is 0.0147. The number of aliphatic imine (C=N–C) groups is 1. The van der Waals surface area contributed by atoms with E-state index in [0.29, 0.717) is 12.3 Å². The summed E-state index contributed by atoms with van der Waals surface area (Å²) in [7, 11) is 0. The van der Waals surface area contributed by atoms with Crippen LogP contribution < -0.4 is 11.5 Å². The highest BCUT2D eigenvalue weighted by molar-refractivity contribution is 5.96. The number of ether oxygens (including phenoxy) is 2. The fourth-order valence-electron chi connectivity index (χ4n) is 6.87. The molecule has 5 atom stereocenters. The van der Waals surface area contributed by atoms with Crippen LogP contribution in [0.2, 0.25) is 0 Å². The molecule has 1 unspecified atom stereocenters. The number of esters is 2. The smallest absolute Gasteiger partial charge is 0.303 e. The second-order valence-corrected chi connectivity index (χ2v) is 11.1. The first-order valence-corrected chi connectivity index (χ1v) is 11.6. The Morgan fingerprint density at radius 3 is 2.19 bits per heavy atom. The van der Waals surface area contributed by atoms with Crippen LogP contribution in [-0.2, 0) is 23.9 Å². The lowest BCUT2D eigenvalue weighted by molar-refractivity contribution is -0.202. The summed E-state index contributed by atoms with van der Waals surface area (Å²) in [5.41, 5.74) is 8.74. The van der Waals surface area contributed by atoms with Gasteiger partial charge in [0, 0.05) is 19.8 Å². The molecule has 32 heavy (non-hydrogen) atoms. The van der Waals surface area contributed by atoms with Crippen LogP contribution in [0.3, 0.4) is 0 Å². The van der Waals surface area contributed by atoms with Crippen molar-refractivity contribution in [2.75, 3.05) is 0 Å². The van der Waals surface area contributed by atoms with Crippen molar-refractivity contribution in [3.05, 3.63) is 0 Å². The molecule has 0 aromatic carbocycles.